The van der Waals surface area contributed by atoms with Crippen LogP contribution in [-0.4, -0.2) is 48.5 Å². The van der Waals surface area contributed by atoms with Gasteiger partial charge in [-0.2, -0.15) is 5.26 Å². The lowest BCUT2D eigenvalue weighted by atomic mass is 10.1. The summed E-state index contributed by atoms with van der Waals surface area (Å²) in [5.41, 5.74) is 1.73. The van der Waals surface area contributed by atoms with Crippen molar-refractivity contribution in [1.82, 2.24) is 9.80 Å². The SMILES string of the molecule is N#Cc1cccc(CN2CCC(=O)N(CCOc3ccc(F)cc3)CC2)c1. The number of carbonyl (C=O) groups excluding carboxylic acids is 1. The fourth-order valence-corrected chi connectivity index (χ4v) is 3.11. The monoisotopic (exact) mass is 367 g/mol. The molecule has 1 amide bonds. The molecular weight excluding hydrogens is 345 g/mol. The van der Waals surface area contributed by atoms with Gasteiger partial charge in [-0.15, -0.1) is 0 Å². The van der Waals surface area contributed by atoms with Crippen molar-refractivity contribution in [1.29, 1.82) is 5.26 Å². The van der Waals surface area contributed by atoms with Crippen molar-refractivity contribution in [3.8, 4) is 11.8 Å². The molecule has 1 saturated heterocycles. The van der Waals surface area contributed by atoms with Crippen LogP contribution in [0.5, 0.6) is 5.75 Å². The molecule has 0 aliphatic carbocycles. The maximum Gasteiger partial charge on any atom is 0.224 e. The minimum atomic E-state index is -0.301. The standard InChI is InChI=1S/C21H22FN3O2/c22-19-4-6-20(7-5-19)27-13-12-25-11-10-24(9-8-21(25)26)16-18-3-1-2-17(14-18)15-23/h1-7,14H,8-13,16H2. The van der Waals surface area contributed by atoms with Crippen molar-refractivity contribution in [3.05, 3.63) is 65.5 Å². The number of nitriles is 1. The van der Waals surface area contributed by atoms with Crippen molar-refractivity contribution in [2.24, 2.45) is 0 Å². The first kappa shape index (κ1) is 18.9. The van der Waals surface area contributed by atoms with Gasteiger partial charge < -0.3 is 9.64 Å². The summed E-state index contributed by atoms with van der Waals surface area (Å²) in [5.74, 6) is 0.411. The van der Waals surface area contributed by atoms with E-state index in [1.807, 2.05) is 23.1 Å². The molecule has 0 radical (unpaired) electrons. The van der Waals surface area contributed by atoms with Gasteiger partial charge in [0.2, 0.25) is 5.91 Å². The zero-order valence-electron chi connectivity index (χ0n) is 15.1. The molecule has 0 aromatic heterocycles. The number of amides is 1. The molecule has 0 N–H and O–H groups in total. The second-order valence-corrected chi connectivity index (χ2v) is 6.52. The summed E-state index contributed by atoms with van der Waals surface area (Å²) in [7, 11) is 0. The van der Waals surface area contributed by atoms with Crippen molar-refractivity contribution in [3.63, 3.8) is 0 Å². The Morgan fingerprint density at radius 2 is 1.93 bits per heavy atom. The first-order valence-electron chi connectivity index (χ1n) is 9.01. The molecule has 3 rings (SSSR count). The van der Waals surface area contributed by atoms with Crippen molar-refractivity contribution >= 4 is 5.91 Å². The average Bonchev–Trinajstić information content (AvgIpc) is 2.86. The molecule has 0 bridgehead atoms. The molecule has 2 aromatic carbocycles. The summed E-state index contributed by atoms with van der Waals surface area (Å²) in [5, 5.41) is 9.02. The minimum Gasteiger partial charge on any atom is -0.492 e. The Balaban J connectivity index is 1.49. The number of benzene rings is 2. The lowest BCUT2D eigenvalue weighted by molar-refractivity contribution is -0.130. The van der Waals surface area contributed by atoms with Crippen molar-refractivity contribution < 1.29 is 13.9 Å². The molecule has 0 atom stereocenters. The second-order valence-electron chi connectivity index (χ2n) is 6.52. The first-order chi connectivity index (χ1) is 13.1. The van der Waals surface area contributed by atoms with Crippen LogP contribution in [0.2, 0.25) is 0 Å². The lowest BCUT2D eigenvalue weighted by Crippen LogP contribution is -2.36. The minimum absolute atomic E-state index is 0.117. The fraction of sp³-hybridized carbons (Fsp3) is 0.333. The number of rotatable bonds is 6. The van der Waals surface area contributed by atoms with E-state index in [-0.39, 0.29) is 11.7 Å². The third-order valence-electron chi connectivity index (χ3n) is 4.59. The summed E-state index contributed by atoms with van der Waals surface area (Å²) in [6.45, 7) is 3.73. The average molecular weight is 367 g/mol. The van der Waals surface area contributed by atoms with Crippen molar-refractivity contribution in [2.45, 2.75) is 13.0 Å². The Morgan fingerprint density at radius 3 is 2.70 bits per heavy atom. The van der Waals surface area contributed by atoms with Gasteiger partial charge in [0, 0.05) is 32.6 Å². The highest BCUT2D eigenvalue weighted by Crippen LogP contribution is 2.13. The van der Waals surface area contributed by atoms with E-state index < -0.39 is 0 Å². The zero-order valence-corrected chi connectivity index (χ0v) is 15.1. The Kier molecular flexibility index (Phi) is 6.39. The van der Waals surface area contributed by atoms with E-state index in [1.54, 1.807) is 18.2 Å². The first-order valence-corrected chi connectivity index (χ1v) is 9.01. The van der Waals surface area contributed by atoms with E-state index in [0.29, 0.717) is 44.0 Å². The van der Waals surface area contributed by atoms with Gasteiger partial charge in [0.15, 0.2) is 0 Å². The highest BCUT2D eigenvalue weighted by atomic mass is 19.1. The fourth-order valence-electron chi connectivity index (χ4n) is 3.11. The lowest BCUT2D eigenvalue weighted by Gasteiger charge is -2.22. The Morgan fingerprint density at radius 1 is 1.11 bits per heavy atom. The molecule has 140 valence electrons. The van der Waals surface area contributed by atoms with Crippen LogP contribution in [0.4, 0.5) is 4.39 Å². The van der Waals surface area contributed by atoms with Gasteiger partial charge in [-0.3, -0.25) is 9.69 Å². The molecule has 0 unspecified atom stereocenters. The van der Waals surface area contributed by atoms with Gasteiger partial charge in [-0.1, -0.05) is 12.1 Å². The predicted molar refractivity (Wildman–Crippen MR) is 99.5 cm³/mol. The summed E-state index contributed by atoms with van der Waals surface area (Å²) in [4.78, 5) is 16.4. The van der Waals surface area contributed by atoms with Crippen LogP contribution in [0, 0.1) is 17.1 Å². The molecule has 27 heavy (non-hydrogen) atoms. The van der Waals surface area contributed by atoms with Gasteiger partial charge in [0.05, 0.1) is 18.2 Å². The maximum atomic E-state index is 12.9. The van der Waals surface area contributed by atoms with E-state index in [2.05, 4.69) is 11.0 Å². The summed E-state index contributed by atoms with van der Waals surface area (Å²) < 4.78 is 18.5. The summed E-state index contributed by atoms with van der Waals surface area (Å²) >= 11 is 0. The molecule has 1 heterocycles. The number of ether oxygens (including phenoxy) is 1. The molecule has 0 spiro atoms. The Hall–Kier alpha value is -2.91. The molecule has 0 saturated carbocycles. The third-order valence-corrected chi connectivity index (χ3v) is 4.59. The summed E-state index contributed by atoms with van der Waals surface area (Å²) in [6.07, 6.45) is 0.467. The largest absolute Gasteiger partial charge is 0.492 e. The van der Waals surface area contributed by atoms with Gasteiger partial charge in [-0.05, 0) is 42.0 Å². The third kappa shape index (κ3) is 5.53. The highest BCUT2D eigenvalue weighted by Gasteiger charge is 2.20. The second kappa shape index (κ2) is 9.15. The van der Waals surface area contributed by atoms with E-state index in [1.165, 1.54) is 12.1 Å². The predicted octanol–water partition coefficient (Wildman–Crippen LogP) is 2.81. The van der Waals surface area contributed by atoms with E-state index in [9.17, 15) is 9.18 Å². The number of carbonyl (C=O) groups is 1. The molecule has 6 heteroatoms. The highest BCUT2D eigenvalue weighted by molar-refractivity contribution is 5.76. The van der Waals surface area contributed by atoms with E-state index >= 15 is 0 Å². The maximum absolute atomic E-state index is 12.9. The molecule has 1 aliphatic rings. The number of halogens is 1. The van der Waals surface area contributed by atoms with Crippen LogP contribution in [0.15, 0.2) is 48.5 Å². The topological polar surface area (TPSA) is 56.6 Å². The van der Waals surface area contributed by atoms with Crippen LogP contribution in [-0.2, 0) is 11.3 Å². The van der Waals surface area contributed by atoms with E-state index in [0.717, 1.165) is 18.7 Å². The molecular formula is C21H22FN3O2. The summed E-state index contributed by atoms with van der Waals surface area (Å²) in [6, 6.07) is 15.6. The number of nitrogens with zero attached hydrogens (tertiary/aromatic N) is 3. The van der Waals surface area contributed by atoms with Crippen LogP contribution in [0.25, 0.3) is 0 Å². The molecule has 1 aliphatic heterocycles. The molecule has 2 aromatic rings. The van der Waals surface area contributed by atoms with Crippen LogP contribution >= 0.6 is 0 Å². The van der Waals surface area contributed by atoms with Crippen molar-refractivity contribution in [2.75, 3.05) is 32.8 Å². The van der Waals surface area contributed by atoms with E-state index in [4.69, 9.17) is 10.00 Å². The molecule has 5 nitrogen and oxygen atoms in total. The van der Waals surface area contributed by atoms with Gasteiger partial charge in [0.1, 0.15) is 18.2 Å². The number of hydrogen-bond acceptors (Lipinski definition) is 4. The molecule has 1 fully saturated rings. The Bertz CT molecular complexity index is 817. The van der Waals surface area contributed by atoms with Crippen LogP contribution in [0.1, 0.15) is 17.5 Å². The van der Waals surface area contributed by atoms with Crippen LogP contribution in [0.3, 0.4) is 0 Å². The quantitative estimate of drug-likeness (QED) is 0.788. The zero-order chi connectivity index (χ0) is 19.1. The number of hydrogen-bond donors (Lipinski definition) is 0. The van der Waals surface area contributed by atoms with Crippen LogP contribution < -0.4 is 4.74 Å². The van der Waals surface area contributed by atoms with Gasteiger partial charge >= 0.3 is 0 Å². The van der Waals surface area contributed by atoms with Gasteiger partial charge in [-0.25, -0.2) is 4.39 Å². The Labute approximate surface area is 158 Å². The van der Waals surface area contributed by atoms with Gasteiger partial charge in [0.25, 0.3) is 0 Å². The smallest absolute Gasteiger partial charge is 0.224 e. The normalized spacial score (nSPS) is 15.3.